The number of benzene rings is 1. The van der Waals surface area contributed by atoms with Gasteiger partial charge in [0.25, 0.3) is 5.91 Å². The Bertz CT molecular complexity index is 935. The lowest BCUT2D eigenvalue weighted by atomic mass is 10.1. The summed E-state index contributed by atoms with van der Waals surface area (Å²) in [5, 5.41) is 23.1. The molecule has 2 aromatic rings. The first-order valence-corrected chi connectivity index (χ1v) is 7.82. The van der Waals surface area contributed by atoms with E-state index in [1.165, 1.54) is 41.5 Å². The lowest BCUT2D eigenvalue weighted by Gasteiger charge is -2.31. The number of carbonyl (C=O) groups excluding carboxylic acids is 1. The number of hydrogen-bond donors (Lipinski definition) is 3. The highest BCUT2D eigenvalue weighted by Gasteiger charge is 2.28. The van der Waals surface area contributed by atoms with Gasteiger partial charge in [0.2, 0.25) is 0 Å². The number of aromatic nitrogens is 1. The summed E-state index contributed by atoms with van der Waals surface area (Å²) < 4.78 is 12.9. The Hall–Kier alpha value is -3.51. The van der Waals surface area contributed by atoms with Crippen molar-refractivity contribution in [2.75, 3.05) is 16.9 Å². The molecule has 0 spiro atoms. The molecule has 3 rings (SSSR count). The van der Waals surface area contributed by atoms with Crippen LogP contribution in [0.1, 0.15) is 5.69 Å². The first-order chi connectivity index (χ1) is 12.5. The molecule has 1 aliphatic rings. The van der Waals surface area contributed by atoms with Crippen LogP contribution in [-0.2, 0) is 4.79 Å². The second-order valence-electron chi connectivity index (χ2n) is 5.32. The lowest BCUT2D eigenvalue weighted by molar-refractivity contribution is -0.112. The molecule has 0 bridgehead atoms. The number of halogens is 1. The van der Waals surface area contributed by atoms with Gasteiger partial charge in [-0.15, -0.1) is 0 Å². The maximum absolute atomic E-state index is 12.9. The third-order valence-corrected chi connectivity index (χ3v) is 3.86. The van der Waals surface area contributed by atoms with Crippen molar-refractivity contribution in [1.82, 2.24) is 10.4 Å². The van der Waals surface area contributed by atoms with Crippen LogP contribution in [-0.4, -0.2) is 27.5 Å². The van der Waals surface area contributed by atoms with Crippen molar-refractivity contribution in [3.63, 3.8) is 0 Å². The van der Waals surface area contributed by atoms with Gasteiger partial charge < -0.3 is 10.4 Å². The summed E-state index contributed by atoms with van der Waals surface area (Å²) in [6.45, 7) is -0.0279. The number of rotatable bonds is 3. The third kappa shape index (κ3) is 3.60. The first-order valence-electron chi connectivity index (χ1n) is 7.41. The summed E-state index contributed by atoms with van der Waals surface area (Å²) >= 11 is 5.18. The number of hydrazine groups is 1. The van der Waals surface area contributed by atoms with E-state index in [1.807, 2.05) is 6.07 Å². The monoisotopic (exact) mass is 369 g/mol. The molecule has 130 valence electrons. The molecule has 0 unspecified atom stereocenters. The minimum Gasteiger partial charge on any atom is -0.509 e. The normalized spacial score (nSPS) is 13.8. The number of aliphatic hydroxyl groups excluding tert-OH is 1. The van der Waals surface area contributed by atoms with Crippen LogP contribution >= 0.6 is 12.2 Å². The maximum Gasteiger partial charge on any atom is 0.262 e. The topological polar surface area (TPSA) is 101 Å². The van der Waals surface area contributed by atoms with Crippen molar-refractivity contribution in [2.24, 2.45) is 0 Å². The zero-order valence-corrected chi connectivity index (χ0v) is 14.0. The highest BCUT2D eigenvalue weighted by Crippen LogP contribution is 2.20. The van der Waals surface area contributed by atoms with Gasteiger partial charge in [-0.3, -0.25) is 15.2 Å². The molecule has 0 saturated carbocycles. The molecule has 0 saturated heterocycles. The molecule has 26 heavy (non-hydrogen) atoms. The number of nitriles is 1. The molecule has 7 nitrogen and oxygen atoms in total. The second kappa shape index (κ2) is 7.16. The smallest absolute Gasteiger partial charge is 0.262 e. The van der Waals surface area contributed by atoms with E-state index in [-0.39, 0.29) is 28.6 Å². The molecule has 1 aromatic heterocycles. The third-order valence-electron chi connectivity index (χ3n) is 3.56. The van der Waals surface area contributed by atoms with E-state index < -0.39 is 11.7 Å². The molecular weight excluding hydrogens is 357 g/mol. The van der Waals surface area contributed by atoms with Gasteiger partial charge >= 0.3 is 0 Å². The molecule has 0 atom stereocenters. The van der Waals surface area contributed by atoms with Gasteiger partial charge in [0, 0.05) is 5.69 Å². The zero-order chi connectivity index (χ0) is 18.7. The summed E-state index contributed by atoms with van der Waals surface area (Å²) in [5.74, 6) is -1.26. The molecule has 9 heteroatoms. The number of nitrogens with zero attached hydrogens (tertiary/aromatic N) is 3. The van der Waals surface area contributed by atoms with Crippen LogP contribution in [0.5, 0.6) is 0 Å². The van der Waals surface area contributed by atoms with Crippen molar-refractivity contribution in [3.05, 3.63) is 65.4 Å². The van der Waals surface area contributed by atoms with Crippen molar-refractivity contribution >= 4 is 34.5 Å². The summed E-state index contributed by atoms with van der Waals surface area (Å²) in [6, 6.07) is 10.3. The number of aliphatic hydroxyl groups is 1. The average Bonchev–Trinajstić information content (AvgIpc) is 2.63. The van der Waals surface area contributed by atoms with Crippen LogP contribution in [0, 0.1) is 17.1 Å². The zero-order valence-electron chi connectivity index (χ0n) is 13.2. The molecule has 0 aliphatic carbocycles. The SMILES string of the molecule is N#Cc1ccc(N2CC(O)=C(C(=O)Nc3ccc(F)cc3)C(=S)N2)cn1. The molecular formula is C17H12FN5O2S. The minimum atomic E-state index is -0.607. The van der Waals surface area contributed by atoms with Crippen LogP contribution in [0.3, 0.4) is 0 Å². The Morgan fingerprint density at radius 1 is 1.35 bits per heavy atom. The predicted octanol–water partition coefficient (Wildman–Crippen LogP) is 2.20. The fraction of sp³-hybridized carbons (Fsp3) is 0.0588. The highest BCUT2D eigenvalue weighted by molar-refractivity contribution is 7.80. The van der Waals surface area contributed by atoms with Gasteiger partial charge in [0.05, 0.1) is 18.4 Å². The number of amides is 1. The van der Waals surface area contributed by atoms with Gasteiger partial charge in [-0.05, 0) is 36.4 Å². The van der Waals surface area contributed by atoms with Crippen LogP contribution in [0.2, 0.25) is 0 Å². The molecule has 1 amide bonds. The summed E-state index contributed by atoms with van der Waals surface area (Å²) in [5.41, 5.74) is 3.96. The first kappa shape index (κ1) is 17.3. The molecule has 2 heterocycles. The summed E-state index contributed by atoms with van der Waals surface area (Å²) in [6.07, 6.45) is 1.45. The average molecular weight is 369 g/mol. The number of anilines is 2. The standard InChI is InChI=1S/C17H12FN5O2S/c18-10-1-3-11(4-2-10)21-16(25)15-14(24)9-23(22-17(15)26)13-6-5-12(7-19)20-8-13/h1-6,8,24H,9H2,(H,21,25)(H,22,26). The van der Waals surface area contributed by atoms with Crippen molar-refractivity contribution in [3.8, 4) is 6.07 Å². The van der Waals surface area contributed by atoms with E-state index in [2.05, 4.69) is 15.7 Å². The largest absolute Gasteiger partial charge is 0.509 e. The Kier molecular flexibility index (Phi) is 4.77. The molecule has 3 N–H and O–H groups in total. The number of carbonyl (C=O) groups is 1. The molecule has 1 aromatic carbocycles. The number of nitrogens with one attached hydrogen (secondary N) is 2. The fourth-order valence-corrected chi connectivity index (χ4v) is 2.63. The van der Waals surface area contributed by atoms with E-state index in [0.717, 1.165) is 0 Å². The number of pyridine rings is 1. The highest BCUT2D eigenvalue weighted by atomic mass is 32.1. The van der Waals surface area contributed by atoms with Crippen molar-refractivity contribution in [2.45, 2.75) is 0 Å². The van der Waals surface area contributed by atoms with Crippen LogP contribution in [0.4, 0.5) is 15.8 Å². The number of hydrogen-bond acceptors (Lipinski definition) is 6. The molecule has 0 radical (unpaired) electrons. The summed E-state index contributed by atoms with van der Waals surface area (Å²) in [4.78, 5) is 16.4. The van der Waals surface area contributed by atoms with E-state index in [0.29, 0.717) is 11.4 Å². The predicted molar refractivity (Wildman–Crippen MR) is 96.7 cm³/mol. The van der Waals surface area contributed by atoms with E-state index in [4.69, 9.17) is 17.5 Å². The van der Waals surface area contributed by atoms with Crippen LogP contribution in [0.25, 0.3) is 0 Å². The van der Waals surface area contributed by atoms with Crippen molar-refractivity contribution < 1.29 is 14.3 Å². The van der Waals surface area contributed by atoms with E-state index >= 15 is 0 Å². The molecule has 1 aliphatic heterocycles. The van der Waals surface area contributed by atoms with Crippen molar-refractivity contribution in [1.29, 1.82) is 5.26 Å². The van der Waals surface area contributed by atoms with Gasteiger partial charge in [0.1, 0.15) is 33.9 Å². The van der Waals surface area contributed by atoms with Crippen LogP contribution < -0.4 is 15.8 Å². The van der Waals surface area contributed by atoms with Crippen LogP contribution in [0.15, 0.2) is 53.9 Å². The Morgan fingerprint density at radius 3 is 2.65 bits per heavy atom. The molecule has 0 fully saturated rings. The number of thiocarbonyl (C=S) groups is 1. The summed E-state index contributed by atoms with van der Waals surface area (Å²) in [7, 11) is 0. The van der Waals surface area contributed by atoms with Gasteiger partial charge in [-0.2, -0.15) is 5.26 Å². The lowest BCUT2D eigenvalue weighted by Crippen LogP contribution is -2.49. The maximum atomic E-state index is 12.9. The quantitative estimate of drug-likeness (QED) is 0.713. The van der Waals surface area contributed by atoms with E-state index in [1.54, 1.807) is 6.07 Å². The van der Waals surface area contributed by atoms with Gasteiger partial charge in [-0.1, -0.05) is 12.2 Å². The second-order valence-corrected chi connectivity index (χ2v) is 5.73. The Labute approximate surface area is 153 Å². The Balaban J connectivity index is 1.78. The fourth-order valence-electron chi connectivity index (χ4n) is 2.31. The van der Waals surface area contributed by atoms with E-state index in [9.17, 15) is 14.3 Å². The minimum absolute atomic E-state index is 0.0257. The van der Waals surface area contributed by atoms with Gasteiger partial charge in [0.15, 0.2) is 0 Å². The Morgan fingerprint density at radius 2 is 2.08 bits per heavy atom. The van der Waals surface area contributed by atoms with Gasteiger partial charge in [-0.25, -0.2) is 9.37 Å².